The number of hydrogen-bond donors (Lipinski definition) is 1. The van der Waals surface area contributed by atoms with Crippen LogP contribution < -0.4 is 5.56 Å². The monoisotopic (exact) mass is 348 g/mol. The highest BCUT2D eigenvalue weighted by Crippen LogP contribution is 2.42. The zero-order valence-electron chi connectivity index (χ0n) is 10.3. The standard InChI is InChI=1S/C12H17IN2O2/c1-7(2)9-8(13)10(16)15-11(14-9)12(17-3)5-4-6-12/h7H,4-6H2,1-3H3,(H,14,15,16). The molecule has 5 heteroatoms. The summed E-state index contributed by atoms with van der Waals surface area (Å²) in [6.45, 7) is 4.10. The normalized spacial score (nSPS) is 18.2. The van der Waals surface area contributed by atoms with E-state index in [-0.39, 0.29) is 17.1 Å². The quantitative estimate of drug-likeness (QED) is 0.854. The van der Waals surface area contributed by atoms with Crippen molar-refractivity contribution in [1.29, 1.82) is 0 Å². The van der Waals surface area contributed by atoms with Crippen molar-refractivity contribution in [1.82, 2.24) is 9.97 Å². The topological polar surface area (TPSA) is 55.0 Å². The van der Waals surface area contributed by atoms with Gasteiger partial charge in [-0.3, -0.25) is 4.79 Å². The van der Waals surface area contributed by atoms with Crippen LogP contribution in [0.25, 0.3) is 0 Å². The minimum atomic E-state index is -0.354. The summed E-state index contributed by atoms with van der Waals surface area (Å²) >= 11 is 2.06. The molecule has 1 aliphatic rings. The van der Waals surface area contributed by atoms with Gasteiger partial charge in [0.1, 0.15) is 11.4 Å². The van der Waals surface area contributed by atoms with Crippen molar-refractivity contribution in [3.05, 3.63) is 25.4 Å². The van der Waals surface area contributed by atoms with Crippen LogP contribution in [0, 0.1) is 3.57 Å². The largest absolute Gasteiger partial charge is 0.370 e. The van der Waals surface area contributed by atoms with Crippen molar-refractivity contribution in [3.63, 3.8) is 0 Å². The van der Waals surface area contributed by atoms with E-state index >= 15 is 0 Å². The van der Waals surface area contributed by atoms with Gasteiger partial charge in [0, 0.05) is 7.11 Å². The van der Waals surface area contributed by atoms with E-state index in [1.54, 1.807) is 7.11 Å². The molecule has 0 atom stereocenters. The van der Waals surface area contributed by atoms with Gasteiger partial charge in [-0.25, -0.2) is 4.98 Å². The van der Waals surface area contributed by atoms with Crippen LogP contribution in [0.15, 0.2) is 4.79 Å². The third kappa shape index (κ3) is 2.14. The lowest BCUT2D eigenvalue weighted by atomic mass is 9.79. The first-order valence-corrected chi connectivity index (χ1v) is 6.93. The first-order chi connectivity index (χ1) is 8.00. The van der Waals surface area contributed by atoms with Crippen molar-refractivity contribution >= 4 is 22.6 Å². The molecule has 0 aliphatic heterocycles. The van der Waals surface area contributed by atoms with Gasteiger partial charge in [-0.2, -0.15) is 0 Å². The van der Waals surface area contributed by atoms with E-state index in [0.717, 1.165) is 25.0 Å². The number of aromatic nitrogens is 2. The fourth-order valence-corrected chi connectivity index (χ4v) is 2.99. The fraction of sp³-hybridized carbons (Fsp3) is 0.667. The molecule has 0 amide bonds. The molecule has 17 heavy (non-hydrogen) atoms. The van der Waals surface area contributed by atoms with Crippen LogP contribution in [0.2, 0.25) is 0 Å². The number of nitrogens with one attached hydrogen (secondary N) is 1. The molecule has 1 aromatic rings. The summed E-state index contributed by atoms with van der Waals surface area (Å²) in [4.78, 5) is 19.4. The molecule has 0 spiro atoms. The lowest BCUT2D eigenvalue weighted by molar-refractivity contribution is -0.0850. The van der Waals surface area contributed by atoms with Crippen molar-refractivity contribution in [2.75, 3.05) is 7.11 Å². The molecule has 0 saturated heterocycles. The molecule has 94 valence electrons. The summed E-state index contributed by atoms with van der Waals surface area (Å²) in [7, 11) is 1.69. The SMILES string of the molecule is COC1(c2nc(C(C)C)c(I)c(=O)[nH]2)CCC1. The first kappa shape index (κ1) is 13.0. The van der Waals surface area contributed by atoms with E-state index in [2.05, 4.69) is 32.6 Å². The van der Waals surface area contributed by atoms with Crippen LogP contribution >= 0.6 is 22.6 Å². The van der Waals surface area contributed by atoms with Gasteiger partial charge < -0.3 is 9.72 Å². The Bertz CT molecular complexity index is 472. The van der Waals surface area contributed by atoms with Gasteiger partial charge in [-0.15, -0.1) is 0 Å². The van der Waals surface area contributed by atoms with Gasteiger partial charge in [-0.05, 0) is 47.8 Å². The Kier molecular flexibility index (Phi) is 3.58. The summed E-state index contributed by atoms with van der Waals surface area (Å²) in [6.07, 6.45) is 3.00. The zero-order chi connectivity index (χ0) is 12.6. The van der Waals surface area contributed by atoms with Crippen LogP contribution in [0.5, 0.6) is 0 Å². The fourth-order valence-electron chi connectivity index (χ4n) is 2.11. The maximum atomic E-state index is 11.9. The van der Waals surface area contributed by atoms with Crippen LogP contribution in [-0.4, -0.2) is 17.1 Å². The highest BCUT2D eigenvalue weighted by atomic mass is 127. The van der Waals surface area contributed by atoms with Gasteiger partial charge in [-0.1, -0.05) is 13.8 Å². The third-order valence-corrected chi connectivity index (χ3v) is 4.46. The van der Waals surface area contributed by atoms with Crippen molar-refractivity contribution in [3.8, 4) is 0 Å². The van der Waals surface area contributed by atoms with Gasteiger partial charge >= 0.3 is 0 Å². The Labute approximate surface area is 114 Å². The number of H-pyrrole nitrogens is 1. The number of hydrogen-bond acceptors (Lipinski definition) is 3. The molecule has 0 radical (unpaired) electrons. The van der Waals surface area contributed by atoms with Gasteiger partial charge in [0.05, 0.1) is 9.26 Å². The molecule has 0 unspecified atom stereocenters. The second-order valence-corrected chi connectivity index (χ2v) is 5.90. The summed E-state index contributed by atoms with van der Waals surface area (Å²) in [5.74, 6) is 0.942. The Morgan fingerprint density at radius 2 is 2.12 bits per heavy atom. The smallest absolute Gasteiger partial charge is 0.264 e. The molecule has 1 heterocycles. The summed E-state index contributed by atoms with van der Waals surface area (Å²) < 4.78 is 6.24. The average Bonchev–Trinajstić information content (AvgIpc) is 2.21. The third-order valence-electron chi connectivity index (χ3n) is 3.42. The summed E-state index contributed by atoms with van der Waals surface area (Å²) in [5.41, 5.74) is 0.461. The number of rotatable bonds is 3. The van der Waals surface area contributed by atoms with Crippen LogP contribution in [-0.2, 0) is 10.3 Å². The van der Waals surface area contributed by atoms with Crippen molar-refractivity contribution in [2.24, 2.45) is 0 Å². The molecule has 1 aliphatic carbocycles. The van der Waals surface area contributed by atoms with Gasteiger partial charge in [0.2, 0.25) is 0 Å². The van der Waals surface area contributed by atoms with Gasteiger partial charge in [0.15, 0.2) is 0 Å². The van der Waals surface area contributed by atoms with E-state index < -0.39 is 0 Å². The van der Waals surface area contributed by atoms with Crippen LogP contribution in [0.3, 0.4) is 0 Å². The summed E-state index contributed by atoms with van der Waals surface area (Å²) in [5, 5.41) is 0. The van der Waals surface area contributed by atoms with Crippen LogP contribution in [0.4, 0.5) is 0 Å². The van der Waals surface area contributed by atoms with Crippen molar-refractivity contribution in [2.45, 2.75) is 44.6 Å². The highest BCUT2D eigenvalue weighted by molar-refractivity contribution is 14.1. The van der Waals surface area contributed by atoms with E-state index in [1.165, 1.54) is 0 Å². The molecular weight excluding hydrogens is 331 g/mol. The Morgan fingerprint density at radius 3 is 2.53 bits per heavy atom. The molecule has 2 rings (SSSR count). The molecule has 1 aromatic heterocycles. The molecule has 1 saturated carbocycles. The van der Waals surface area contributed by atoms with Gasteiger partial charge in [0.25, 0.3) is 5.56 Å². The zero-order valence-corrected chi connectivity index (χ0v) is 12.5. The number of ether oxygens (including phenoxy) is 1. The van der Waals surface area contributed by atoms with E-state index in [1.807, 2.05) is 13.8 Å². The number of aromatic amines is 1. The first-order valence-electron chi connectivity index (χ1n) is 5.85. The van der Waals surface area contributed by atoms with E-state index in [4.69, 9.17) is 4.74 Å². The Hall–Kier alpha value is -0.430. The van der Waals surface area contributed by atoms with Crippen LogP contribution in [0.1, 0.15) is 50.5 Å². The molecule has 1 N–H and O–H groups in total. The maximum Gasteiger partial charge on any atom is 0.264 e. The average molecular weight is 348 g/mol. The predicted molar refractivity (Wildman–Crippen MR) is 74.2 cm³/mol. The molecule has 4 nitrogen and oxygen atoms in total. The highest BCUT2D eigenvalue weighted by Gasteiger charge is 2.41. The van der Waals surface area contributed by atoms with E-state index in [0.29, 0.717) is 9.39 Å². The lowest BCUT2D eigenvalue weighted by Gasteiger charge is -2.39. The number of halogens is 1. The molecular formula is C12H17IN2O2. The van der Waals surface area contributed by atoms with E-state index in [9.17, 15) is 4.79 Å². The number of nitrogens with zero attached hydrogens (tertiary/aromatic N) is 1. The molecule has 0 bridgehead atoms. The second kappa shape index (κ2) is 4.68. The summed E-state index contributed by atoms with van der Waals surface area (Å²) in [6, 6.07) is 0. The minimum Gasteiger partial charge on any atom is -0.370 e. The lowest BCUT2D eigenvalue weighted by Crippen LogP contribution is -2.40. The minimum absolute atomic E-state index is 0.0531. The molecule has 1 fully saturated rings. The molecule has 0 aromatic carbocycles. The second-order valence-electron chi connectivity index (χ2n) is 4.82. The Morgan fingerprint density at radius 1 is 1.47 bits per heavy atom. The van der Waals surface area contributed by atoms with Crippen molar-refractivity contribution < 1.29 is 4.74 Å². The maximum absolute atomic E-state index is 11.9. The Balaban J connectivity index is 2.53. The number of methoxy groups -OCH3 is 1. The predicted octanol–water partition coefficient (Wildman–Crippen LogP) is 2.52.